The van der Waals surface area contributed by atoms with Crippen LogP contribution in [0.1, 0.15) is 27.2 Å². The number of hydrogen-bond acceptors (Lipinski definition) is 21. The Morgan fingerprint density at radius 3 is 1.08 bits per heavy atom. The predicted octanol–water partition coefficient (Wildman–Crippen LogP) is -2.43. The van der Waals surface area contributed by atoms with Crippen molar-refractivity contribution in [3.63, 3.8) is 0 Å². The van der Waals surface area contributed by atoms with Crippen LogP contribution in [-0.2, 0) is 70.8 Å². The van der Waals surface area contributed by atoms with Crippen LogP contribution in [0.25, 0.3) is 0 Å². The Hall–Kier alpha value is -3.70. The summed E-state index contributed by atoms with van der Waals surface area (Å²) in [6.45, 7) is 3.19. The van der Waals surface area contributed by atoms with Gasteiger partial charge in [0.25, 0.3) is 0 Å². The van der Waals surface area contributed by atoms with Crippen molar-refractivity contribution in [2.24, 2.45) is 5.92 Å². The van der Waals surface area contributed by atoms with Crippen LogP contribution in [0, 0.1) is 5.92 Å². The molecule has 4 aliphatic rings. The van der Waals surface area contributed by atoms with Crippen LogP contribution in [0.2, 0.25) is 0 Å². The number of esters is 4. The SMILES string of the molecule is CC(CO)C1OC(=O)C(O)=C1O.CC1=C(O)C(C(O)CO)OC1=O.CCC(O)C1OC(=O)C(O)=C1O.O=C1OC(C(O)CO)C(O)=C1O.[Y]. The average Bonchev–Trinajstić information content (AvgIpc) is 3.70. The van der Waals surface area contributed by atoms with Gasteiger partial charge in [-0.15, -0.1) is 0 Å². The molecular weight excluding hydrogens is 749 g/mol. The summed E-state index contributed by atoms with van der Waals surface area (Å²) >= 11 is 0. The fraction of sp³-hybridized carbons (Fsp3) is 0.556. The maximum Gasteiger partial charge on any atom is 0.377 e. The van der Waals surface area contributed by atoms with Gasteiger partial charge in [0.1, 0.15) is 18.0 Å². The van der Waals surface area contributed by atoms with Gasteiger partial charge in [-0.25, -0.2) is 19.2 Å². The first-order valence-corrected chi connectivity index (χ1v) is 13.8. The molecule has 13 N–H and O–H groups in total. The van der Waals surface area contributed by atoms with Crippen molar-refractivity contribution in [2.45, 2.75) is 69.9 Å². The van der Waals surface area contributed by atoms with Gasteiger partial charge in [0.15, 0.2) is 41.7 Å². The standard InChI is InChI=1S/3C7H10O5.C6H8O6.Y/c1-3-5(10)6(4(9)2-8)12-7(3)11;1-3(2-8)6-4(9)5(10)7(11)12-6;1-2-3(8)6-4(9)5(10)7(11)12-6;7-1-2(8)5-3(9)4(10)6(11)12-5;/h4,6,8-10H,2H2,1H3;2*3,6,8-10H,2H2,1H3;2,5,7-10H,1H2;. The van der Waals surface area contributed by atoms with Gasteiger partial charge in [0, 0.05) is 45.2 Å². The fourth-order valence-electron chi connectivity index (χ4n) is 3.65. The molecule has 0 saturated heterocycles. The van der Waals surface area contributed by atoms with Gasteiger partial charge in [-0.3, -0.25) is 0 Å². The third-order valence-corrected chi connectivity index (χ3v) is 6.66. The number of aliphatic hydroxyl groups is 13. The van der Waals surface area contributed by atoms with Crippen molar-refractivity contribution < 1.29 is 137 Å². The van der Waals surface area contributed by atoms with E-state index in [9.17, 15) is 29.4 Å². The van der Waals surface area contributed by atoms with Crippen molar-refractivity contribution in [1.82, 2.24) is 0 Å². The zero-order chi connectivity index (χ0) is 37.2. The first-order chi connectivity index (χ1) is 22.3. The zero-order valence-electron chi connectivity index (χ0n) is 26.1. The molecule has 22 heteroatoms. The second-order valence-corrected chi connectivity index (χ2v) is 10.2. The third kappa shape index (κ3) is 11.2. The van der Waals surface area contributed by atoms with Gasteiger partial charge < -0.3 is 85.3 Å². The molecule has 0 aromatic carbocycles. The van der Waals surface area contributed by atoms with E-state index in [4.69, 9.17) is 56.2 Å². The molecule has 0 amide bonds. The summed E-state index contributed by atoms with van der Waals surface area (Å²) in [6, 6.07) is 0. The summed E-state index contributed by atoms with van der Waals surface area (Å²) in [5.74, 6) is -8.77. The van der Waals surface area contributed by atoms with E-state index in [1.54, 1.807) is 13.8 Å². The van der Waals surface area contributed by atoms with Crippen LogP contribution in [0.4, 0.5) is 0 Å². The summed E-state index contributed by atoms with van der Waals surface area (Å²) in [6.07, 6.45) is -7.81. The number of carbonyl (C=O) groups is 4. The zero-order valence-corrected chi connectivity index (χ0v) is 28.9. The molecule has 0 saturated carbocycles. The van der Waals surface area contributed by atoms with Gasteiger partial charge in [0.2, 0.25) is 17.3 Å². The number of carbonyl (C=O) groups excluding carboxylic acids is 4. The maximum absolute atomic E-state index is 10.8. The van der Waals surface area contributed by atoms with Gasteiger partial charge in [0.05, 0.1) is 24.9 Å². The van der Waals surface area contributed by atoms with E-state index < -0.39 is 120 Å². The van der Waals surface area contributed by atoms with Crippen molar-refractivity contribution in [2.75, 3.05) is 19.8 Å². The Morgan fingerprint density at radius 1 is 0.531 bits per heavy atom. The molecule has 4 aliphatic heterocycles. The van der Waals surface area contributed by atoms with Gasteiger partial charge in [-0.2, -0.15) is 0 Å². The quantitative estimate of drug-likeness (QED) is 0.0898. The molecule has 1 radical (unpaired) electrons. The monoisotopic (exact) mass is 787 g/mol. The second kappa shape index (κ2) is 20.1. The second-order valence-electron chi connectivity index (χ2n) is 10.2. The Kier molecular flexibility index (Phi) is 18.6. The number of aliphatic hydroxyl groups excluding tert-OH is 13. The average molecular weight is 787 g/mol. The largest absolute Gasteiger partial charge is 0.508 e. The molecule has 0 aliphatic carbocycles. The molecule has 275 valence electrons. The molecule has 49 heavy (non-hydrogen) atoms. The van der Waals surface area contributed by atoms with Crippen molar-refractivity contribution in [1.29, 1.82) is 0 Å². The Balaban J connectivity index is 0.000000623. The van der Waals surface area contributed by atoms with Gasteiger partial charge in [-0.05, 0) is 13.3 Å². The minimum atomic E-state index is -1.42. The van der Waals surface area contributed by atoms with Crippen LogP contribution >= 0.6 is 0 Å². The van der Waals surface area contributed by atoms with Crippen molar-refractivity contribution in [3.05, 3.63) is 45.9 Å². The Labute approximate surface area is 301 Å². The first kappa shape index (κ1) is 45.3. The topological polar surface area (TPSA) is 368 Å². The summed E-state index contributed by atoms with van der Waals surface area (Å²) < 4.78 is 17.9. The molecule has 4 rings (SSSR count). The van der Waals surface area contributed by atoms with Crippen LogP contribution in [0.5, 0.6) is 0 Å². The van der Waals surface area contributed by atoms with E-state index in [2.05, 4.69) is 18.9 Å². The fourth-order valence-corrected chi connectivity index (χ4v) is 3.65. The number of ether oxygens (including phenoxy) is 4. The summed E-state index contributed by atoms with van der Waals surface area (Å²) in [5.41, 5.74) is 0.0764. The summed E-state index contributed by atoms with van der Waals surface area (Å²) in [7, 11) is 0. The van der Waals surface area contributed by atoms with Crippen LogP contribution in [0.15, 0.2) is 45.9 Å². The molecule has 21 nitrogen and oxygen atoms in total. The van der Waals surface area contributed by atoms with E-state index in [1.165, 1.54) is 6.92 Å². The minimum absolute atomic E-state index is 0. The van der Waals surface area contributed by atoms with E-state index >= 15 is 0 Å². The van der Waals surface area contributed by atoms with Crippen molar-refractivity contribution in [3.8, 4) is 0 Å². The van der Waals surface area contributed by atoms with Crippen LogP contribution in [-0.4, -0.2) is 153 Å². The smallest absolute Gasteiger partial charge is 0.377 e. The molecular formula is C27H38O21Y. The summed E-state index contributed by atoms with van der Waals surface area (Å²) in [4.78, 5) is 42.6. The van der Waals surface area contributed by atoms with E-state index in [0.29, 0.717) is 6.42 Å². The molecule has 0 aromatic heterocycles. The Bertz CT molecular complexity index is 1140. The number of hydrogen-bond donors (Lipinski definition) is 13. The number of rotatable bonds is 8. The van der Waals surface area contributed by atoms with Crippen LogP contribution < -0.4 is 0 Å². The first-order valence-electron chi connectivity index (χ1n) is 13.8. The molecule has 8 atom stereocenters. The molecule has 8 unspecified atom stereocenters. The summed E-state index contributed by atoms with van der Waals surface area (Å²) in [5, 5.41) is 115. The van der Waals surface area contributed by atoms with E-state index in [0.717, 1.165) is 0 Å². The maximum atomic E-state index is 10.8. The molecule has 0 bridgehead atoms. The van der Waals surface area contributed by atoms with Crippen molar-refractivity contribution >= 4 is 23.9 Å². The van der Waals surface area contributed by atoms with Gasteiger partial charge in [-0.1, -0.05) is 13.8 Å². The van der Waals surface area contributed by atoms with Crippen LogP contribution in [0.3, 0.4) is 0 Å². The third-order valence-electron chi connectivity index (χ3n) is 6.66. The Morgan fingerprint density at radius 2 is 0.837 bits per heavy atom. The minimum Gasteiger partial charge on any atom is -0.508 e. The molecule has 0 fully saturated rings. The predicted molar refractivity (Wildman–Crippen MR) is 150 cm³/mol. The van der Waals surface area contributed by atoms with Gasteiger partial charge >= 0.3 is 23.9 Å². The molecule has 0 spiro atoms. The molecule has 0 aromatic rings. The van der Waals surface area contributed by atoms with E-state index in [1.807, 2.05) is 0 Å². The molecule has 4 heterocycles. The number of cyclic esters (lactones) is 4. The normalized spacial score (nSPS) is 25.3. The van der Waals surface area contributed by atoms with E-state index in [-0.39, 0.29) is 50.6 Å².